The van der Waals surface area contributed by atoms with Crippen molar-refractivity contribution >= 4 is 17.0 Å². The number of nitrogens with one attached hydrogen (secondary N) is 1. The minimum absolute atomic E-state index is 0.0393. The molecule has 0 radical (unpaired) electrons. The van der Waals surface area contributed by atoms with Crippen molar-refractivity contribution < 1.29 is 19.3 Å². The topological polar surface area (TPSA) is 94.9 Å². The number of aromatic amines is 1. The zero-order valence-electron chi connectivity index (χ0n) is 18.0. The number of aromatic nitrogens is 1. The molecule has 0 atom stereocenters. The number of nitrogens with zero attached hydrogens (tertiary/aromatic N) is 1. The highest BCUT2D eigenvalue weighted by Gasteiger charge is 2.11. The van der Waals surface area contributed by atoms with E-state index in [1.54, 1.807) is 48.5 Å². The number of hydrogen-bond donors (Lipinski definition) is 3. The molecule has 3 N–H and O–H groups in total. The number of aliphatic imine (C=N–C) groups is 1. The molecule has 0 saturated heterocycles. The predicted molar refractivity (Wildman–Crippen MR) is 127 cm³/mol. The van der Waals surface area contributed by atoms with Crippen LogP contribution in [-0.4, -0.2) is 28.0 Å². The summed E-state index contributed by atoms with van der Waals surface area (Å²) in [5, 5.41) is 21.4. The summed E-state index contributed by atoms with van der Waals surface area (Å²) in [6, 6.07) is 16.3. The van der Waals surface area contributed by atoms with E-state index in [2.05, 4.69) is 9.98 Å². The van der Waals surface area contributed by atoms with Crippen LogP contribution in [0.1, 0.15) is 24.5 Å². The summed E-state index contributed by atoms with van der Waals surface area (Å²) < 4.78 is 18.8. The molecule has 0 fully saturated rings. The van der Waals surface area contributed by atoms with Crippen molar-refractivity contribution in [3.05, 3.63) is 88.0 Å². The molecule has 1 aromatic heterocycles. The number of ether oxygens (including phenoxy) is 1. The van der Waals surface area contributed by atoms with Crippen molar-refractivity contribution in [2.45, 2.75) is 19.9 Å². The fourth-order valence-electron chi connectivity index (χ4n) is 3.53. The maximum Gasteiger partial charge on any atom is 0.258 e. The molecule has 168 valence electrons. The average molecular weight is 446 g/mol. The minimum atomic E-state index is -0.419. The highest BCUT2D eigenvalue weighted by Crippen LogP contribution is 2.29. The summed E-state index contributed by atoms with van der Waals surface area (Å²) in [5.74, 6) is -0.171. The second-order valence-corrected chi connectivity index (χ2v) is 7.60. The lowest BCUT2D eigenvalue weighted by Gasteiger charge is -2.09. The fraction of sp³-hybridized carbons (Fsp3) is 0.154. The highest BCUT2D eigenvalue weighted by molar-refractivity contribution is 6.02. The third-order valence-electron chi connectivity index (χ3n) is 5.20. The smallest absolute Gasteiger partial charge is 0.258 e. The Hall–Kier alpha value is -4.13. The molecule has 0 spiro atoms. The summed E-state index contributed by atoms with van der Waals surface area (Å²) >= 11 is 0. The first-order valence-electron chi connectivity index (χ1n) is 10.6. The number of phenols is 1. The van der Waals surface area contributed by atoms with Crippen LogP contribution in [0.15, 0.2) is 70.5 Å². The van der Waals surface area contributed by atoms with E-state index in [1.165, 1.54) is 18.3 Å². The van der Waals surface area contributed by atoms with Crippen LogP contribution >= 0.6 is 0 Å². The number of hydrogen-bond acceptors (Lipinski definition) is 5. The molecule has 0 aliphatic heterocycles. The van der Waals surface area contributed by atoms with E-state index in [0.717, 1.165) is 23.1 Å². The number of phenolic OH excluding ortho intramolecular Hbond substituents is 1. The summed E-state index contributed by atoms with van der Waals surface area (Å²) in [7, 11) is 0. The highest BCUT2D eigenvalue weighted by atomic mass is 19.1. The Morgan fingerprint density at radius 3 is 2.48 bits per heavy atom. The maximum atomic E-state index is 13.3. The number of fused-ring (bicyclic) bond motifs is 1. The van der Waals surface area contributed by atoms with E-state index >= 15 is 0 Å². The van der Waals surface area contributed by atoms with Gasteiger partial charge in [0.25, 0.3) is 5.56 Å². The first kappa shape index (κ1) is 22.1. The van der Waals surface area contributed by atoms with Gasteiger partial charge >= 0.3 is 0 Å². The van der Waals surface area contributed by atoms with Crippen LogP contribution in [-0.2, 0) is 6.54 Å². The lowest BCUT2D eigenvalue weighted by Crippen LogP contribution is -2.08. The molecule has 0 aliphatic carbocycles. The molecule has 4 aromatic rings. The van der Waals surface area contributed by atoms with Gasteiger partial charge in [-0.1, -0.05) is 31.2 Å². The summed E-state index contributed by atoms with van der Waals surface area (Å²) in [6.07, 6.45) is 2.32. The van der Waals surface area contributed by atoms with Gasteiger partial charge in [-0.3, -0.25) is 14.8 Å². The minimum Gasteiger partial charge on any atom is -0.504 e. The molecular formula is C26H23FN2O4. The van der Waals surface area contributed by atoms with Gasteiger partial charge in [0.05, 0.1) is 18.7 Å². The second-order valence-electron chi connectivity index (χ2n) is 7.60. The van der Waals surface area contributed by atoms with E-state index < -0.39 is 5.56 Å². The maximum absolute atomic E-state index is 13.3. The lowest BCUT2D eigenvalue weighted by molar-refractivity contribution is 0.299. The fourth-order valence-corrected chi connectivity index (χ4v) is 3.53. The quantitative estimate of drug-likeness (QED) is 0.342. The van der Waals surface area contributed by atoms with Gasteiger partial charge in [-0.2, -0.15) is 0 Å². The number of H-pyrrole nitrogens is 1. The Labute approximate surface area is 189 Å². The summed E-state index contributed by atoms with van der Waals surface area (Å²) in [6.45, 7) is 2.75. The average Bonchev–Trinajstić information content (AvgIpc) is 2.81. The van der Waals surface area contributed by atoms with Gasteiger partial charge in [0.15, 0.2) is 11.5 Å². The first-order valence-corrected chi connectivity index (χ1v) is 10.6. The number of halogens is 1. The number of aromatic hydroxyl groups is 2. The van der Waals surface area contributed by atoms with E-state index in [4.69, 9.17) is 4.74 Å². The Balaban J connectivity index is 1.66. The van der Waals surface area contributed by atoms with Gasteiger partial charge in [-0.25, -0.2) is 4.39 Å². The van der Waals surface area contributed by atoms with Crippen molar-refractivity contribution in [1.82, 2.24) is 4.98 Å². The Morgan fingerprint density at radius 2 is 1.76 bits per heavy atom. The molecule has 0 unspecified atom stereocenters. The zero-order chi connectivity index (χ0) is 23.4. The van der Waals surface area contributed by atoms with Crippen molar-refractivity contribution in [2.75, 3.05) is 6.61 Å². The Morgan fingerprint density at radius 1 is 1.00 bits per heavy atom. The van der Waals surface area contributed by atoms with Crippen LogP contribution < -0.4 is 10.3 Å². The van der Waals surface area contributed by atoms with Crippen LogP contribution in [0.3, 0.4) is 0 Å². The van der Waals surface area contributed by atoms with Crippen LogP contribution in [0.2, 0.25) is 0 Å². The first-order chi connectivity index (χ1) is 16.0. The van der Waals surface area contributed by atoms with Crippen molar-refractivity contribution in [1.29, 1.82) is 0 Å². The third-order valence-corrected chi connectivity index (χ3v) is 5.20. The lowest BCUT2D eigenvalue weighted by atomic mass is 9.99. The molecule has 4 rings (SSSR count). The molecule has 0 bridgehead atoms. The molecule has 3 aromatic carbocycles. The Bertz CT molecular complexity index is 1380. The Kier molecular flexibility index (Phi) is 6.40. The third kappa shape index (κ3) is 4.87. The molecular weight excluding hydrogens is 423 g/mol. The number of rotatable bonds is 7. The number of benzene rings is 3. The zero-order valence-corrected chi connectivity index (χ0v) is 18.0. The number of pyridine rings is 1. The molecule has 1 heterocycles. The van der Waals surface area contributed by atoms with E-state index in [1.807, 2.05) is 6.92 Å². The van der Waals surface area contributed by atoms with Gasteiger partial charge in [0, 0.05) is 17.0 Å². The molecule has 0 amide bonds. The molecule has 33 heavy (non-hydrogen) atoms. The molecule has 6 nitrogen and oxygen atoms in total. The van der Waals surface area contributed by atoms with E-state index in [9.17, 15) is 19.4 Å². The van der Waals surface area contributed by atoms with Crippen LogP contribution in [0.4, 0.5) is 4.39 Å². The van der Waals surface area contributed by atoms with Crippen molar-refractivity contribution in [2.24, 2.45) is 4.99 Å². The largest absolute Gasteiger partial charge is 0.504 e. The summed E-state index contributed by atoms with van der Waals surface area (Å²) in [4.78, 5) is 19.2. The van der Waals surface area contributed by atoms with Gasteiger partial charge in [-0.05, 0) is 59.5 Å². The van der Waals surface area contributed by atoms with E-state index in [0.29, 0.717) is 28.7 Å². The van der Waals surface area contributed by atoms with Gasteiger partial charge in [-0.15, -0.1) is 0 Å². The summed E-state index contributed by atoms with van der Waals surface area (Å²) in [5.41, 5.74) is 2.25. The normalized spacial score (nSPS) is 11.3. The molecule has 7 heteroatoms. The van der Waals surface area contributed by atoms with Gasteiger partial charge < -0.3 is 14.9 Å². The van der Waals surface area contributed by atoms with Crippen LogP contribution in [0, 0.1) is 5.82 Å². The SMILES string of the molecule is CCCOc1ccc(CN=Cc2c(O)[nH]c(=O)c3ccc(-c4ccc(F)cc4)cc23)cc1O. The molecule has 0 aliphatic rings. The van der Waals surface area contributed by atoms with Crippen molar-refractivity contribution in [3.63, 3.8) is 0 Å². The standard InChI is InChI=1S/C26H23FN2O4/c1-2-11-33-24-10-3-16(12-23(24)30)14-28-15-22-21-13-18(17-4-7-19(27)8-5-17)6-9-20(21)25(31)29-26(22)32/h3-10,12-13,15,30H,2,11,14H2,1H3,(H2,29,31,32). The van der Waals surface area contributed by atoms with Gasteiger partial charge in [0.1, 0.15) is 5.82 Å². The van der Waals surface area contributed by atoms with E-state index in [-0.39, 0.29) is 24.0 Å². The van der Waals surface area contributed by atoms with Gasteiger partial charge in [0.2, 0.25) is 5.88 Å². The monoisotopic (exact) mass is 446 g/mol. The predicted octanol–water partition coefficient (Wildman–Crippen LogP) is 5.15. The van der Waals surface area contributed by atoms with Crippen LogP contribution in [0.25, 0.3) is 21.9 Å². The second kappa shape index (κ2) is 9.56. The molecule has 0 saturated carbocycles. The van der Waals surface area contributed by atoms with Crippen LogP contribution in [0.5, 0.6) is 17.4 Å². The van der Waals surface area contributed by atoms with Crippen molar-refractivity contribution in [3.8, 4) is 28.5 Å².